The van der Waals surface area contributed by atoms with E-state index in [0.717, 1.165) is 32.6 Å². The lowest BCUT2D eigenvalue weighted by Crippen LogP contribution is -2.50. The molecule has 1 atom stereocenters. The lowest BCUT2D eigenvalue weighted by Gasteiger charge is -2.37. The van der Waals surface area contributed by atoms with E-state index in [2.05, 4.69) is 41.1 Å². The van der Waals surface area contributed by atoms with E-state index in [1.165, 1.54) is 5.56 Å². The predicted octanol–water partition coefficient (Wildman–Crippen LogP) is 0.837. The highest BCUT2D eigenvalue weighted by molar-refractivity contribution is 5.16. The first kappa shape index (κ1) is 12.6. The summed E-state index contributed by atoms with van der Waals surface area (Å²) in [6.45, 7) is 4.58. The van der Waals surface area contributed by atoms with Crippen molar-refractivity contribution in [2.45, 2.75) is 12.5 Å². The first-order valence-electron chi connectivity index (χ1n) is 6.37. The fourth-order valence-electron chi connectivity index (χ4n) is 2.38. The Morgan fingerprint density at radius 2 is 1.76 bits per heavy atom. The second kappa shape index (κ2) is 6.15. The number of aliphatic hydroxyl groups is 1. The quantitative estimate of drug-likeness (QED) is 0.836. The molecule has 3 nitrogen and oxygen atoms in total. The van der Waals surface area contributed by atoms with Crippen LogP contribution in [0.4, 0.5) is 0 Å². The van der Waals surface area contributed by atoms with Gasteiger partial charge in [0.25, 0.3) is 0 Å². The minimum absolute atomic E-state index is 0.249. The summed E-state index contributed by atoms with van der Waals surface area (Å²) in [5.41, 5.74) is 1.31. The third kappa shape index (κ3) is 3.53. The van der Waals surface area contributed by atoms with Crippen LogP contribution in [-0.2, 0) is 6.42 Å². The van der Waals surface area contributed by atoms with Crippen LogP contribution in [0, 0.1) is 0 Å². The predicted molar refractivity (Wildman–Crippen MR) is 70.1 cm³/mol. The van der Waals surface area contributed by atoms with Crippen molar-refractivity contribution < 1.29 is 5.11 Å². The molecule has 1 aromatic carbocycles. The van der Waals surface area contributed by atoms with Crippen LogP contribution in [0.25, 0.3) is 0 Å². The summed E-state index contributed by atoms with van der Waals surface area (Å²) in [4.78, 5) is 4.75. The summed E-state index contributed by atoms with van der Waals surface area (Å²) in [6, 6.07) is 10.7. The van der Waals surface area contributed by atoms with E-state index >= 15 is 0 Å². The third-order valence-electron chi connectivity index (χ3n) is 3.58. The zero-order valence-electron chi connectivity index (χ0n) is 10.5. The summed E-state index contributed by atoms with van der Waals surface area (Å²) in [5, 5.41) is 9.55. The van der Waals surface area contributed by atoms with Crippen molar-refractivity contribution >= 4 is 0 Å². The number of hydrogen-bond acceptors (Lipinski definition) is 3. The normalized spacial score (nSPS) is 20.4. The maximum absolute atomic E-state index is 9.55. The van der Waals surface area contributed by atoms with Crippen LogP contribution in [0.15, 0.2) is 30.3 Å². The first-order chi connectivity index (χ1) is 8.29. The summed E-state index contributed by atoms with van der Waals surface area (Å²) >= 11 is 0. The van der Waals surface area contributed by atoms with Gasteiger partial charge in [-0.05, 0) is 19.0 Å². The van der Waals surface area contributed by atoms with Gasteiger partial charge in [-0.25, -0.2) is 0 Å². The van der Waals surface area contributed by atoms with E-state index in [1.807, 2.05) is 6.07 Å². The van der Waals surface area contributed by atoms with Crippen molar-refractivity contribution in [1.29, 1.82) is 0 Å². The molecule has 17 heavy (non-hydrogen) atoms. The van der Waals surface area contributed by atoms with Gasteiger partial charge < -0.3 is 10.0 Å². The monoisotopic (exact) mass is 234 g/mol. The van der Waals surface area contributed by atoms with Crippen LogP contribution in [0.5, 0.6) is 0 Å². The van der Waals surface area contributed by atoms with Crippen molar-refractivity contribution in [2.75, 3.05) is 39.8 Å². The molecule has 1 aliphatic heterocycles. The Morgan fingerprint density at radius 3 is 2.35 bits per heavy atom. The van der Waals surface area contributed by atoms with E-state index in [9.17, 15) is 5.11 Å². The number of nitrogens with zero attached hydrogens (tertiary/aromatic N) is 2. The van der Waals surface area contributed by atoms with E-state index in [1.54, 1.807) is 0 Å². The molecule has 1 heterocycles. The Kier molecular flexibility index (Phi) is 4.54. The number of hydrogen-bond donors (Lipinski definition) is 1. The molecular weight excluding hydrogens is 212 g/mol. The van der Waals surface area contributed by atoms with E-state index in [-0.39, 0.29) is 12.6 Å². The molecule has 1 saturated heterocycles. The van der Waals surface area contributed by atoms with Gasteiger partial charge in [-0.2, -0.15) is 0 Å². The molecule has 1 N–H and O–H groups in total. The second-order valence-corrected chi connectivity index (χ2v) is 4.87. The van der Waals surface area contributed by atoms with Crippen molar-refractivity contribution in [1.82, 2.24) is 9.80 Å². The molecule has 0 aliphatic carbocycles. The van der Waals surface area contributed by atoms with Gasteiger partial charge in [0.2, 0.25) is 0 Å². The number of rotatable bonds is 4. The number of aliphatic hydroxyl groups excluding tert-OH is 1. The molecule has 1 fully saturated rings. The smallest absolute Gasteiger partial charge is 0.0590 e. The zero-order chi connectivity index (χ0) is 12.1. The minimum atomic E-state index is 0.249. The minimum Gasteiger partial charge on any atom is -0.395 e. The largest absolute Gasteiger partial charge is 0.395 e. The van der Waals surface area contributed by atoms with Crippen LogP contribution >= 0.6 is 0 Å². The number of piperazine rings is 1. The van der Waals surface area contributed by atoms with Gasteiger partial charge in [0, 0.05) is 32.2 Å². The molecule has 94 valence electrons. The lowest BCUT2D eigenvalue weighted by molar-refractivity contribution is 0.0750. The van der Waals surface area contributed by atoms with Gasteiger partial charge in [0.05, 0.1) is 6.61 Å². The first-order valence-corrected chi connectivity index (χ1v) is 6.37. The molecule has 0 radical (unpaired) electrons. The van der Waals surface area contributed by atoms with Crippen molar-refractivity contribution in [3.05, 3.63) is 35.9 Å². The summed E-state index contributed by atoms with van der Waals surface area (Å²) < 4.78 is 0. The van der Waals surface area contributed by atoms with Gasteiger partial charge >= 0.3 is 0 Å². The van der Waals surface area contributed by atoms with Crippen LogP contribution in [0.2, 0.25) is 0 Å². The van der Waals surface area contributed by atoms with Crippen molar-refractivity contribution in [3.63, 3.8) is 0 Å². The average Bonchev–Trinajstić information content (AvgIpc) is 2.38. The summed E-state index contributed by atoms with van der Waals surface area (Å²) in [6.07, 6.45) is 0.945. The maximum Gasteiger partial charge on any atom is 0.0590 e. The summed E-state index contributed by atoms with van der Waals surface area (Å²) in [5.74, 6) is 0. The van der Waals surface area contributed by atoms with E-state index < -0.39 is 0 Å². The molecule has 1 aromatic rings. The second-order valence-electron chi connectivity index (χ2n) is 4.87. The van der Waals surface area contributed by atoms with Crippen LogP contribution in [0.1, 0.15) is 5.56 Å². The Balaban J connectivity index is 1.92. The van der Waals surface area contributed by atoms with Crippen LogP contribution in [0.3, 0.4) is 0 Å². The third-order valence-corrected chi connectivity index (χ3v) is 3.58. The molecule has 0 saturated carbocycles. The lowest BCUT2D eigenvalue weighted by atomic mass is 10.0. The van der Waals surface area contributed by atoms with Crippen LogP contribution in [-0.4, -0.2) is 60.8 Å². The topological polar surface area (TPSA) is 26.7 Å². The SMILES string of the molecule is CN1CCN(C(CO)Cc2ccccc2)CC1. The molecule has 0 aromatic heterocycles. The molecule has 1 unspecified atom stereocenters. The highest BCUT2D eigenvalue weighted by Crippen LogP contribution is 2.11. The Hall–Kier alpha value is -0.900. The standard InChI is InChI=1S/C14H22N2O/c1-15-7-9-16(10-8-15)14(12-17)11-13-5-3-2-4-6-13/h2-6,14,17H,7-12H2,1H3. The fourth-order valence-corrected chi connectivity index (χ4v) is 2.38. The number of likely N-dealkylation sites (N-methyl/N-ethyl adjacent to an activating group) is 1. The van der Waals surface area contributed by atoms with Gasteiger partial charge in [0.1, 0.15) is 0 Å². The number of benzene rings is 1. The Bertz CT molecular complexity index is 320. The Labute approximate surface area is 104 Å². The van der Waals surface area contributed by atoms with E-state index in [4.69, 9.17) is 0 Å². The zero-order valence-corrected chi connectivity index (χ0v) is 10.5. The molecule has 3 heteroatoms. The molecule has 2 rings (SSSR count). The highest BCUT2D eigenvalue weighted by atomic mass is 16.3. The molecule has 0 amide bonds. The van der Waals surface area contributed by atoms with Crippen molar-refractivity contribution in [3.8, 4) is 0 Å². The summed E-state index contributed by atoms with van der Waals surface area (Å²) in [7, 11) is 2.16. The highest BCUT2D eigenvalue weighted by Gasteiger charge is 2.21. The molecular formula is C14H22N2O. The van der Waals surface area contributed by atoms with Crippen LogP contribution < -0.4 is 0 Å². The fraction of sp³-hybridized carbons (Fsp3) is 0.571. The molecule has 1 aliphatic rings. The molecule has 0 spiro atoms. The van der Waals surface area contributed by atoms with Crippen molar-refractivity contribution in [2.24, 2.45) is 0 Å². The van der Waals surface area contributed by atoms with Gasteiger partial charge in [0.15, 0.2) is 0 Å². The Morgan fingerprint density at radius 1 is 1.12 bits per heavy atom. The van der Waals surface area contributed by atoms with Gasteiger partial charge in [-0.1, -0.05) is 30.3 Å². The molecule has 0 bridgehead atoms. The average molecular weight is 234 g/mol. The van der Waals surface area contributed by atoms with Gasteiger partial charge in [-0.3, -0.25) is 4.90 Å². The van der Waals surface area contributed by atoms with Gasteiger partial charge in [-0.15, -0.1) is 0 Å². The maximum atomic E-state index is 9.55. The van der Waals surface area contributed by atoms with E-state index in [0.29, 0.717) is 0 Å².